The van der Waals surface area contributed by atoms with Crippen LogP contribution in [-0.2, 0) is 6.54 Å². The van der Waals surface area contributed by atoms with Gasteiger partial charge in [0, 0.05) is 31.5 Å². The molecule has 0 aromatic carbocycles. The number of aromatic nitrogens is 6. The molecule has 8 nitrogen and oxygen atoms in total. The van der Waals surface area contributed by atoms with Crippen molar-refractivity contribution < 1.29 is 0 Å². The largest absolute Gasteiger partial charge is 0.352 e. The maximum atomic E-state index is 4.61. The molecule has 23 heavy (non-hydrogen) atoms. The van der Waals surface area contributed by atoms with Crippen LogP contribution in [0.25, 0.3) is 5.65 Å². The maximum absolute atomic E-state index is 4.61. The smallest absolute Gasteiger partial charge is 0.178 e. The minimum Gasteiger partial charge on any atom is -0.352 e. The van der Waals surface area contributed by atoms with Crippen LogP contribution in [0.1, 0.15) is 11.6 Å². The number of hydrogen-bond acceptors (Lipinski definition) is 7. The van der Waals surface area contributed by atoms with Gasteiger partial charge in [-0.05, 0) is 32.2 Å². The third-order valence-electron chi connectivity index (χ3n) is 4.22. The second-order valence-electron chi connectivity index (χ2n) is 5.85. The fraction of sp³-hybridized carbons (Fsp3) is 0.400. The van der Waals surface area contributed by atoms with Gasteiger partial charge in [0.1, 0.15) is 11.6 Å². The lowest BCUT2D eigenvalue weighted by Crippen LogP contribution is -2.58. The van der Waals surface area contributed by atoms with E-state index in [4.69, 9.17) is 0 Å². The molecule has 0 N–H and O–H groups in total. The van der Waals surface area contributed by atoms with E-state index in [1.807, 2.05) is 25.1 Å². The highest BCUT2D eigenvalue weighted by atomic mass is 15.4. The topological polar surface area (TPSA) is 75.3 Å². The van der Waals surface area contributed by atoms with Crippen molar-refractivity contribution in [3.63, 3.8) is 0 Å². The van der Waals surface area contributed by atoms with E-state index in [0.717, 1.165) is 42.7 Å². The van der Waals surface area contributed by atoms with E-state index in [1.54, 1.807) is 16.9 Å². The van der Waals surface area contributed by atoms with Crippen LogP contribution in [0.15, 0.2) is 30.6 Å². The Morgan fingerprint density at radius 3 is 2.74 bits per heavy atom. The molecular weight excluding hydrogens is 292 g/mol. The quantitative estimate of drug-likeness (QED) is 0.696. The second-order valence-corrected chi connectivity index (χ2v) is 5.85. The van der Waals surface area contributed by atoms with Crippen LogP contribution < -0.4 is 4.90 Å². The van der Waals surface area contributed by atoms with E-state index in [2.05, 4.69) is 42.1 Å². The van der Waals surface area contributed by atoms with Gasteiger partial charge in [0.2, 0.25) is 0 Å². The first-order chi connectivity index (χ1) is 11.2. The van der Waals surface area contributed by atoms with Gasteiger partial charge in [0.05, 0.1) is 6.54 Å². The fourth-order valence-corrected chi connectivity index (χ4v) is 2.74. The Morgan fingerprint density at radius 2 is 1.96 bits per heavy atom. The van der Waals surface area contributed by atoms with Crippen LogP contribution >= 0.6 is 0 Å². The summed E-state index contributed by atoms with van der Waals surface area (Å²) in [6.07, 6.45) is 3.56. The summed E-state index contributed by atoms with van der Waals surface area (Å²) in [5.41, 5.74) is 0.779. The van der Waals surface area contributed by atoms with Crippen molar-refractivity contribution in [2.24, 2.45) is 0 Å². The summed E-state index contributed by atoms with van der Waals surface area (Å²) in [6, 6.07) is 6.28. The fourth-order valence-electron chi connectivity index (χ4n) is 2.74. The predicted octanol–water partition coefficient (Wildman–Crippen LogP) is 0.543. The third-order valence-corrected chi connectivity index (χ3v) is 4.22. The molecule has 1 fully saturated rings. The van der Waals surface area contributed by atoms with Crippen molar-refractivity contribution in [3.8, 4) is 0 Å². The summed E-state index contributed by atoms with van der Waals surface area (Å²) < 4.78 is 1.78. The number of fused-ring (bicyclic) bond motifs is 1. The SMILES string of the molecule is Cc1nnc2ccc(N3CC(N(C)Cc4ncccn4)C3)nn12. The molecule has 0 aliphatic carbocycles. The Morgan fingerprint density at radius 1 is 1.17 bits per heavy atom. The van der Waals surface area contributed by atoms with Gasteiger partial charge in [-0.2, -0.15) is 4.52 Å². The molecule has 0 saturated carbocycles. The highest BCUT2D eigenvalue weighted by Crippen LogP contribution is 2.22. The first kappa shape index (κ1) is 14.0. The Balaban J connectivity index is 1.41. The minimum atomic E-state index is 0.485. The van der Waals surface area contributed by atoms with Crippen molar-refractivity contribution in [2.75, 3.05) is 25.0 Å². The molecule has 4 heterocycles. The van der Waals surface area contributed by atoms with E-state index < -0.39 is 0 Å². The number of nitrogens with zero attached hydrogens (tertiary/aromatic N) is 8. The Bertz CT molecular complexity index is 809. The van der Waals surface area contributed by atoms with Gasteiger partial charge < -0.3 is 4.90 Å². The standard InChI is InChI=1S/C15H18N8/c1-11-18-19-14-4-5-15(20-23(11)14)22-8-12(9-22)21(2)10-13-16-6-3-7-17-13/h3-7,12H,8-10H2,1-2H3. The molecule has 0 atom stereocenters. The molecule has 0 unspecified atom stereocenters. The average Bonchev–Trinajstić information content (AvgIpc) is 2.88. The maximum Gasteiger partial charge on any atom is 0.178 e. The Hall–Kier alpha value is -2.61. The van der Waals surface area contributed by atoms with Crippen LogP contribution in [0.5, 0.6) is 0 Å². The number of rotatable bonds is 4. The van der Waals surface area contributed by atoms with E-state index >= 15 is 0 Å². The molecule has 118 valence electrons. The van der Waals surface area contributed by atoms with Crippen LogP contribution in [0, 0.1) is 6.92 Å². The second kappa shape index (κ2) is 5.54. The van der Waals surface area contributed by atoms with Crippen molar-refractivity contribution in [1.82, 2.24) is 34.7 Å². The number of anilines is 1. The first-order valence-electron chi connectivity index (χ1n) is 7.61. The molecule has 3 aromatic rings. The van der Waals surface area contributed by atoms with Gasteiger partial charge in [-0.15, -0.1) is 15.3 Å². The molecule has 0 radical (unpaired) electrons. The van der Waals surface area contributed by atoms with Crippen molar-refractivity contribution in [2.45, 2.75) is 19.5 Å². The normalized spacial score (nSPS) is 15.3. The third kappa shape index (κ3) is 2.61. The van der Waals surface area contributed by atoms with E-state index in [0.29, 0.717) is 6.04 Å². The Labute approximate surface area is 133 Å². The predicted molar refractivity (Wildman–Crippen MR) is 85.0 cm³/mol. The molecule has 0 bridgehead atoms. The zero-order chi connectivity index (χ0) is 15.8. The highest BCUT2D eigenvalue weighted by Gasteiger charge is 2.31. The number of hydrogen-bond donors (Lipinski definition) is 0. The first-order valence-corrected chi connectivity index (χ1v) is 7.61. The zero-order valence-electron chi connectivity index (χ0n) is 13.2. The lowest BCUT2D eigenvalue weighted by molar-refractivity contribution is 0.192. The summed E-state index contributed by atoms with van der Waals surface area (Å²) in [6.45, 7) is 4.56. The Kier molecular flexibility index (Phi) is 3.38. The molecule has 0 amide bonds. The van der Waals surface area contributed by atoms with E-state index in [-0.39, 0.29) is 0 Å². The van der Waals surface area contributed by atoms with E-state index in [1.165, 1.54) is 0 Å². The molecule has 3 aromatic heterocycles. The van der Waals surface area contributed by atoms with Gasteiger partial charge in [-0.1, -0.05) is 0 Å². The highest BCUT2D eigenvalue weighted by molar-refractivity contribution is 5.47. The molecule has 8 heteroatoms. The average molecular weight is 310 g/mol. The summed E-state index contributed by atoms with van der Waals surface area (Å²) >= 11 is 0. The van der Waals surface area contributed by atoms with Gasteiger partial charge in [-0.3, -0.25) is 4.90 Å². The van der Waals surface area contributed by atoms with Gasteiger partial charge in [-0.25, -0.2) is 9.97 Å². The number of aryl methyl sites for hydroxylation is 1. The lowest BCUT2D eigenvalue weighted by Gasteiger charge is -2.44. The summed E-state index contributed by atoms with van der Waals surface area (Å²) in [5, 5.41) is 12.7. The molecule has 1 aliphatic rings. The van der Waals surface area contributed by atoms with Crippen molar-refractivity contribution in [3.05, 3.63) is 42.2 Å². The summed E-state index contributed by atoms with van der Waals surface area (Å²) in [4.78, 5) is 13.1. The number of likely N-dealkylation sites (N-methyl/N-ethyl adjacent to an activating group) is 1. The summed E-state index contributed by atoms with van der Waals surface area (Å²) in [7, 11) is 2.11. The van der Waals surface area contributed by atoms with Crippen molar-refractivity contribution in [1.29, 1.82) is 0 Å². The monoisotopic (exact) mass is 310 g/mol. The van der Waals surface area contributed by atoms with Crippen molar-refractivity contribution >= 4 is 11.5 Å². The summed E-state index contributed by atoms with van der Waals surface area (Å²) in [5.74, 6) is 2.62. The van der Waals surface area contributed by atoms with E-state index in [9.17, 15) is 0 Å². The minimum absolute atomic E-state index is 0.485. The molecule has 1 aliphatic heterocycles. The molecule has 1 saturated heterocycles. The molecule has 0 spiro atoms. The molecular formula is C15H18N8. The van der Waals surface area contributed by atoms with Gasteiger partial charge in [0.15, 0.2) is 11.5 Å². The van der Waals surface area contributed by atoms with Crippen LogP contribution in [0.4, 0.5) is 5.82 Å². The lowest BCUT2D eigenvalue weighted by atomic mass is 10.1. The zero-order valence-corrected chi connectivity index (χ0v) is 13.2. The van der Waals surface area contributed by atoms with Crippen LogP contribution in [0.2, 0.25) is 0 Å². The van der Waals surface area contributed by atoms with Gasteiger partial charge in [0.25, 0.3) is 0 Å². The van der Waals surface area contributed by atoms with Gasteiger partial charge >= 0.3 is 0 Å². The van der Waals surface area contributed by atoms with Crippen LogP contribution in [0.3, 0.4) is 0 Å². The van der Waals surface area contributed by atoms with Crippen LogP contribution in [-0.4, -0.2) is 60.9 Å². The molecule has 4 rings (SSSR count).